The van der Waals surface area contributed by atoms with E-state index in [9.17, 15) is 9.90 Å². The molecule has 1 saturated heterocycles. The first-order valence-corrected chi connectivity index (χ1v) is 12.2. The maximum atomic E-state index is 15.5. The largest absolute Gasteiger partial charge is 0.465 e. The van der Waals surface area contributed by atoms with E-state index in [0.717, 1.165) is 0 Å². The van der Waals surface area contributed by atoms with Crippen molar-refractivity contribution < 1.29 is 19.0 Å². The Morgan fingerprint density at radius 3 is 2.57 bits per heavy atom. The fourth-order valence-electron chi connectivity index (χ4n) is 5.28. The Hall–Kier alpha value is -4.21. The number of nitrogens with zero attached hydrogens (tertiary/aromatic N) is 5. The van der Waals surface area contributed by atoms with Crippen LogP contribution in [0.4, 0.5) is 15.0 Å². The Labute approximate surface area is 213 Å². The lowest BCUT2D eigenvalue weighted by molar-refractivity contribution is 0.0249. The number of ether oxygens (including phenoxy) is 1. The van der Waals surface area contributed by atoms with E-state index in [4.69, 9.17) is 15.6 Å². The van der Waals surface area contributed by atoms with Crippen LogP contribution in [0.15, 0.2) is 54.9 Å². The molecule has 1 aliphatic rings. The third-order valence-corrected chi connectivity index (χ3v) is 6.74. The Morgan fingerprint density at radius 2 is 1.89 bits per heavy atom. The van der Waals surface area contributed by atoms with Crippen LogP contribution in [0.3, 0.4) is 0 Å². The van der Waals surface area contributed by atoms with E-state index in [1.165, 1.54) is 17.3 Å². The van der Waals surface area contributed by atoms with Crippen LogP contribution in [-0.4, -0.2) is 48.4 Å². The molecule has 4 aromatic rings. The maximum Gasteiger partial charge on any atom is 0.407 e. The summed E-state index contributed by atoms with van der Waals surface area (Å²) in [6, 6.07) is 13.0. The van der Waals surface area contributed by atoms with Crippen LogP contribution in [0.5, 0.6) is 11.5 Å². The number of carbonyl (C=O) groups is 1. The van der Waals surface area contributed by atoms with E-state index in [1.807, 2.05) is 39.0 Å². The molecule has 3 N–H and O–H groups in total. The number of carboxylic acid groups (broad SMARTS) is 1. The van der Waals surface area contributed by atoms with Gasteiger partial charge in [0.05, 0.1) is 17.5 Å². The number of para-hydroxylation sites is 1. The van der Waals surface area contributed by atoms with Crippen molar-refractivity contribution >= 4 is 22.9 Å². The van der Waals surface area contributed by atoms with Gasteiger partial charge in [0.2, 0.25) is 0 Å². The molecule has 1 unspecified atom stereocenters. The van der Waals surface area contributed by atoms with Gasteiger partial charge in [0.25, 0.3) is 0 Å². The van der Waals surface area contributed by atoms with Crippen molar-refractivity contribution in [2.75, 3.05) is 12.3 Å². The Balaban J connectivity index is 1.62. The number of rotatable bonds is 4. The number of amides is 1. The van der Waals surface area contributed by atoms with Gasteiger partial charge >= 0.3 is 6.09 Å². The smallest absolute Gasteiger partial charge is 0.407 e. The third kappa shape index (κ3) is 4.54. The number of fused-ring (bicyclic) bond motifs is 1. The van der Waals surface area contributed by atoms with E-state index in [1.54, 1.807) is 28.9 Å². The Morgan fingerprint density at radius 1 is 1.14 bits per heavy atom. The van der Waals surface area contributed by atoms with Crippen molar-refractivity contribution in [1.82, 2.24) is 24.6 Å². The van der Waals surface area contributed by atoms with Crippen molar-refractivity contribution in [3.8, 4) is 22.8 Å². The molecule has 2 aromatic carbocycles. The van der Waals surface area contributed by atoms with Gasteiger partial charge < -0.3 is 20.5 Å². The van der Waals surface area contributed by atoms with E-state index in [0.29, 0.717) is 47.6 Å². The van der Waals surface area contributed by atoms with Gasteiger partial charge in [-0.05, 0) is 42.5 Å². The summed E-state index contributed by atoms with van der Waals surface area (Å²) in [6.45, 7) is 6.46. The van der Waals surface area contributed by atoms with E-state index < -0.39 is 11.9 Å². The van der Waals surface area contributed by atoms with E-state index in [-0.39, 0.29) is 28.9 Å². The summed E-state index contributed by atoms with van der Waals surface area (Å²) in [7, 11) is 0. The van der Waals surface area contributed by atoms with Gasteiger partial charge in [-0.1, -0.05) is 39.0 Å². The molecule has 2 aromatic heterocycles. The minimum Gasteiger partial charge on any atom is -0.465 e. The van der Waals surface area contributed by atoms with Crippen LogP contribution in [0.25, 0.3) is 22.3 Å². The number of nitrogens with two attached hydrogens (primary N) is 1. The minimum absolute atomic E-state index is 0.175. The molecule has 1 aliphatic heterocycles. The first kappa shape index (κ1) is 24.5. The highest BCUT2D eigenvalue weighted by Crippen LogP contribution is 2.42. The predicted molar refractivity (Wildman–Crippen MR) is 138 cm³/mol. The standard InChI is InChI=1S/C27H29FN6O3/c1-27(2,3)23-20(10-7-13-33(23)26(35)36)34-25-21(24(29)30-15-31-25)22(32-34)18-12-11-17(14-19(18)28)37-16-8-5-4-6-9-16/h4-6,8-9,11-12,14-15,20,23H,7,10,13H2,1-3H3,(H,35,36)(H2,29,30,31)/t20-,23?/m1/s1. The average molecular weight is 505 g/mol. The molecule has 1 fully saturated rings. The van der Waals surface area contributed by atoms with E-state index in [2.05, 4.69) is 9.97 Å². The second-order valence-electron chi connectivity index (χ2n) is 10.3. The van der Waals surface area contributed by atoms with Crippen LogP contribution in [0.2, 0.25) is 0 Å². The highest BCUT2D eigenvalue weighted by Gasteiger charge is 2.44. The van der Waals surface area contributed by atoms with Gasteiger partial charge in [-0.25, -0.2) is 23.8 Å². The molecule has 0 aliphatic carbocycles. The number of likely N-dealkylation sites (tertiary alicyclic amines) is 1. The number of benzene rings is 2. The zero-order chi connectivity index (χ0) is 26.3. The van der Waals surface area contributed by atoms with E-state index >= 15 is 4.39 Å². The summed E-state index contributed by atoms with van der Waals surface area (Å²) in [5.74, 6) is 0.577. The quantitative estimate of drug-likeness (QED) is 0.364. The molecule has 9 nitrogen and oxygen atoms in total. The molecule has 0 radical (unpaired) electrons. The number of aromatic nitrogens is 4. The predicted octanol–water partition coefficient (Wildman–Crippen LogP) is 5.74. The molecule has 192 valence electrons. The normalized spacial score (nSPS) is 18.2. The minimum atomic E-state index is -0.976. The second-order valence-corrected chi connectivity index (χ2v) is 10.3. The second kappa shape index (κ2) is 9.34. The van der Waals surface area contributed by atoms with Crippen molar-refractivity contribution in [2.24, 2.45) is 5.41 Å². The van der Waals surface area contributed by atoms with Crippen molar-refractivity contribution in [3.63, 3.8) is 0 Å². The van der Waals surface area contributed by atoms with Gasteiger partial charge in [0, 0.05) is 18.2 Å². The number of nitrogen functional groups attached to an aromatic ring is 1. The van der Waals surface area contributed by atoms with Crippen LogP contribution in [0.1, 0.15) is 39.7 Å². The monoisotopic (exact) mass is 504 g/mol. The van der Waals surface area contributed by atoms with Crippen molar-refractivity contribution in [1.29, 1.82) is 0 Å². The summed E-state index contributed by atoms with van der Waals surface area (Å²) < 4.78 is 23.0. The Bertz CT molecular complexity index is 1450. The van der Waals surface area contributed by atoms with Crippen molar-refractivity contribution in [3.05, 3.63) is 60.7 Å². The van der Waals surface area contributed by atoms with Gasteiger partial charge in [-0.15, -0.1) is 0 Å². The highest BCUT2D eigenvalue weighted by atomic mass is 19.1. The summed E-state index contributed by atoms with van der Waals surface area (Å²) in [4.78, 5) is 22.2. The molecule has 3 heterocycles. The molecule has 1 amide bonds. The van der Waals surface area contributed by atoms with Gasteiger partial charge in [0.1, 0.15) is 35.2 Å². The first-order valence-electron chi connectivity index (χ1n) is 12.2. The third-order valence-electron chi connectivity index (χ3n) is 6.74. The highest BCUT2D eigenvalue weighted by molar-refractivity contribution is 5.98. The van der Waals surface area contributed by atoms with Crippen LogP contribution >= 0.6 is 0 Å². The van der Waals surface area contributed by atoms with Gasteiger partial charge in [0.15, 0.2) is 5.65 Å². The summed E-state index contributed by atoms with van der Waals surface area (Å²) in [5, 5.41) is 15.2. The number of hydrogen-bond acceptors (Lipinski definition) is 6. The molecule has 0 spiro atoms. The molecule has 5 rings (SSSR count). The van der Waals surface area contributed by atoms with Crippen molar-refractivity contribution in [2.45, 2.75) is 45.7 Å². The molecule has 0 saturated carbocycles. The van der Waals surface area contributed by atoms with Crippen LogP contribution < -0.4 is 10.5 Å². The number of halogens is 1. The van der Waals surface area contributed by atoms with Gasteiger partial charge in [-0.3, -0.25) is 0 Å². The number of hydrogen-bond donors (Lipinski definition) is 2. The lowest BCUT2D eigenvalue weighted by Crippen LogP contribution is -2.54. The topological polar surface area (TPSA) is 119 Å². The number of piperidine rings is 1. The summed E-state index contributed by atoms with van der Waals surface area (Å²) in [6.07, 6.45) is 1.73. The van der Waals surface area contributed by atoms with Gasteiger partial charge in [-0.2, -0.15) is 5.10 Å². The number of anilines is 1. The molecular weight excluding hydrogens is 475 g/mol. The molecule has 10 heteroatoms. The lowest BCUT2D eigenvalue weighted by atomic mass is 9.77. The SMILES string of the molecule is CC(C)(C)C1[C@H](n2nc(-c3ccc(Oc4ccccc4)cc3F)c3c(N)ncnc32)CCCN1C(=O)O. The fourth-order valence-corrected chi connectivity index (χ4v) is 5.28. The first-order chi connectivity index (χ1) is 17.6. The fraction of sp³-hybridized carbons (Fsp3) is 0.333. The summed E-state index contributed by atoms with van der Waals surface area (Å²) >= 11 is 0. The van der Waals surface area contributed by atoms with Crippen LogP contribution in [-0.2, 0) is 0 Å². The van der Waals surface area contributed by atoms with Crippen LogP contribution in [0, 0.1) is 11.2 Å². The molecule has 2 atom stereocenters. The Kier molecular flexibility index (Phi) is 6.18. The zero-order valence-corrected chi connectivity index (χ0v) is 20.9. The summed E-state index contributed by atoms with van der Waals surface area (Å²) in [5.41, 5.74) is 6.84. The molecule has 0 bridgehead atoms. The average Bonchev–Trinajstić information content (AvgIpc) is 3.24. The molecular formula is C27H29FN6O3. The molecule has 37 heavy (non-hydrogen) atoms. The lowest BCUT2D eigenvalue weighted by Gasteiger charge is -2.46. The zero-order valence-electron chi connectivity index (χ0n) is 20.9. The maximum absolute atomic E-state index is 15.5.